The van der Waals surface area contributed by atoms with Crippen molar-refractivity contribution < 1.29 is 14.7 Å². The van der Waals surface area contributed by atoms with Gasteiger partial charge in [-0.3, -0.25) is 14.6 Å². The van der Waals surface area contributed by atoms with E-state index in [1.807, 2.05) is 18.2 Å². The summed E-state index contributed by atoms with van der Waals surface area (Å²) in [5.41, 5.74) is 1.42. The van der Waals surface area contributed by atoms with Gasteiger partial charge in [-0.15, -0.1) is 0 Å². The predicted molar refractivity (Wildman–Crippen MR) is 73.4 cm³/mol. The predicted octanol–water partition coefficient (Wildman–Crippen LogP) is 1.78. The van der Waals surface area contributed by atoms with Crippen LogP contribution in [0, 0.1) is 5.92 Å². The van der Waals surface area contributed by atoms with Gasteiger partial charge in [0.2, 0.25) is 0 Å². The van der Waals surface area contributed by atoms with E-state index in [0.717, 1.165) is 10.9 Å². The lowest BCUT2D eigenvalue weighted by Crippen LogP contribution is -2.29. The maximum Gasteiger partial charge on any atom is 0.308 e. The fourth-order valence-corrected chi connectivity index (χ4v) is 2.54. The molecule has 1 atom stereocenters. The molecule has 1 saturated heterocycles. The van der Waals surface area contributed by atoms with Crippen LogP contribution in [-0.2, 0) is 4.79 Å². The first-order chi connectivity index (χ1) is 9.65. The molecule has 1 aromatic heterocycles. The molecular formula is C15H14N2O3. The first-order valence-electron chi connectivity index (χ1n) is 6.52. The van der Waals surface area contributed by atoms with Crippen molar-refractivity contribution in [1.29, 1.82) is 0 Å². The molecular weight excluding hydrogens is 256 g/mol. The monoisotopic (exact) mass is 270 g/mol. The fraction of sp³-hybridized carbons (Fsp3) is 0.267. The summed E-state index contributed by atoms with van der Waals surface area (Å²) in [7, 11) is 0. The molecule has 1 aliphatic rings. The van der Waals surface area contributed by atoms with Crippen LogP contribution in [0.15, 0.2) is 36.5 Å². The summed E-state index contributed by atoms with van der Waals surface area (Å²) in [5.74, 6) is -1.39. The van der Waals surface area contributed by atoms with Crippen molar-refractivity contribution in [2.24, 2.45) is 5.92 Å². The number of hydrogen-bond donors (Lipinski definition) is 1. The molecule has 2 heterocycles. The summed E-state index contributed by atoms with van der Waals surface area (Å²) in [6.45, 7) is 0.792. The highest BCUT2D eigenvalue weighted by molar-refractivity contribution is 5.98. The molecule has 1 N–H and O–H groups in total. The fourth-order valence-electron chi connectivity index (χ4n) is 2.54. The zero-order valence-electron chi connectivity index (χ0n) is 10.8. The van der Waals surface area contributed by atoms with Crippen LogP contribution in [0.4, 0.5) is 0 Å². The van der Waals surface area contributed by atoms with Crippen molar-refractivity contribution in [3.05, 3.63) is 42.1 Å². The van der Waals surface area contributed by atoms with Gasteiger partial charge in [0.15, 0.2) is 0 Å². The van der Waals surface area contributed by atoms with E-state index in [1.165, 1.54) is 0 Å². The SMILES string of the molecule is O=C(O)C1CCN(C(=O)c2ccc3ncccc3c2)C1. The number of benzene rings is 1. The third-order valence-electron chi connectivity index (χ3n) is 3.67. The molecule has 5 heteroatoms. The summed E-state index contributed by atoms with van der Waals surface area (Å²) in [6, 6.07) is 9.09. The average Bonchev–Trinajstić information content (AvgIpc) is 2.96. The van der Waals surface area contributed by atoms with Crippen molar-refractivity contribution in [3.8, 4) is 0 Å². The first kappa shape index (κ1) is 12.6. The minimum Gasteiger partial charge on any atom is -0.481 e. The van der Waals surface area contributed by atoms with Crippen LogP contribution in [-0.4, -0.2) is 40.0 Å². The van der Waals surface area contributed by atoms with E-state index in [4.69, 9.17) is 5.11 Å². The van der Waals surface area contributed by atoms with Gasteiger partial charge >= 0.3 is 5.97 Å². The third kappa shape index (κ3) is 2.22. The molecule has 1 fully saturated rings. The van der Waals surface area contributed by atoms with E-state index in [9.17, 15) is 9.59 Å². The van der Waals surface area contributed by atoms with Gasteiger partial charge in [-0.25, -0.2) is 0 Å². The lowest BCUT2D eigenvalue weighted by atomic mass is 10.1. The second-order valence-electron chi connectivity index (χ2n) is 4.99. The zero-order valence-corrected chi connectivity index (χ0v) is 10.8. The average molecular weight is 270 g/mol. The minimum absolute atomic E-state index is 0.112. The van der Waals surface area contributed by atoms with Gasteiger partial charge in [0, 0.05) is 30.2 Å². The highest BCUT2D eigenvalue weighted by Gasteiger charge is 2.31. The molecule has 2 aromatic rings. The molecule has 0 radical (unpaired) electrons. The quantitative estimate of drug-likeness (QED) is 0.903. The molecule has 1 amide bonds. The van der Waals surface area contributed by atoms with Gasteiger partial charge in [0.05, 0.1) is 11.4 Å². The number of hydrogen-bond acceptors (Lipinski definition) is 3. The molecule has 1 aliphatic heterocycles. The Morgan fingerprint density at radius 1 is 1.30 bits per heavy atom. The minimum atomic E-state index is -0.831. The van der Waals surface area contributed by atoms with E-state index in [-0.39, 0.29) is 5.91 Å². The number of carboxylic acids is 1. The summed E-state index contributed by atoms with van der Waals surface area (Å²) >= 11 is 0. The summed E-state index contributed by atoms with van der Waals surface area (Å²) in [6.07, 6.45) is 2.23. The van der Waals surface area contributed by atoms with Crippen LogP contribution in [0.5, 0.6) is 0 Å². The normalized spacial score (nSPS) is 18.4. The molecule has 102 valence electrons. The topological polar surface area (TPSA) is 70.5 Å². The van der Waals surface area contributed by atoms with Crippen molar-refractivity contribution in [2.45, 2.75) is 6.42 Å². The number of aliphatic carboxylic acids is 1. The second-order valence-corrected chi connectivity index (χ2v) is 4.99. The summed E-state index contributed by atoms with van der Waals surface area (Å²) in [5, 5.41) is 9.89. The van der Waals surface area contributed by atoms with Crippen LogP contribution < -0.4 is 0 Å². The van der Waals surface area contributed by atoms with Gasteiger partial charge in [0.25, 0.3) is 5.91 Å². The van der Waals surface area contributed by atoms with Crippen molar-refractivity contribution >= 4 is 22.8 Å². The van der Waals surface area contributed by atoms with Gasteiger partial charge < -0.3 is 10.0 Å². The van der Waals surface area contributed by atoms with E-state index in [0.29, 0.717) is 25.1 Å². The maximum atomic E-state index is 12.4. The Balaban J connectivity index is 1.84. The van der Waals surface area contributed by atoms with Gasteiger partial charge in [-0.05, 0) is 30.7 Å². The van der Waals surface area contributed by atoms with Crippen LogP contribution in [0.2, 0.25) is 0 Å². The largest absolute Gasteiger partial charge is 0.481 e. The van der Waals surface area contributed by atoms with Crippen LogP contribution in [0.1, 0.15) is 16.8 Å². The van der Waals surface area contributed by atoms with Crippen molar-refractivity contribution in [2.75, 3.05) is 13.1 Å². The number of carboxylic acid groups (broad SMARTS) is 1. The Bertz CT molecular complexity index is 684. The summed E-state index contributed by atoms with van der Waals surface area (Å²) < 4.78 is 0. The Morgan fingerprint density at radius 2 is 2.15 bits per heavy atom. The standard InChI is InChI=1S/C15H14N2O3/c18-14(17-7-5-12(9-17)15(19)20)11-3-4-13-10(8-11)2-1-6-16-13/h1-4,6,8,12H,5,7,9H2,(H,19,20). The smallest absolute Gasteiger partial charge is 0.308 e. The number of likely N-dealkylation sites (tertiary alicyclic amines) is 1. The Kier molecular flexibility index (Phi) is 3.10. The maximum absolute atomic E-state index is 12.4. The molecule has 5 nitrogen and oxygen atoms in total. The molecule has 20 heavy (non-hydrogen) atoms. The molecule has 0 bridgehead atoms. The van der Waals surface area contributed by atoms with Gasteiger partial charge in [-0.1, -0.05) is 6.07 Å². The number of fused-ring (bicyclic) bond motifs is 1. The number of pyridine rings is 1. The Morgan fingerprint density at radius 3 is 2.90 bits per heavy atom. The third-order valence-corrected chi connectivity index (χ3v) is 3.67. The number of rotatable bonds is 2. The molecule has 3 rings (SSSR count). The first-order valence-corrected chi connectivity index (χ1v) is 6.52. The number of amides is 1. The number of aromatic nitrogens is 1. The Labute approximate surface area is 115 Å². The number of nitrogens with zero attached hydrogens (tertiary/aromatic N) is 2. The van der Waals surface area contributed by atoms with E-state index < -0.39 is 11.9 Å². The van der Waals surface area contributed by atoms with E-state index >= 15 is 0 Å². The zero-order chi connectivity index (χ0) is 14.1. The van der Waals surface area contributed by atoms with Crippen molar-refractivity contribution in [1.82, 2.24) is 9.88 Å². The summed E-state index contributed by atoms with van der Waals surface area (Å²) in [4.78, 5) is 29.1. The number of carbonyl (C=O) groups is 2. The molecule has 0 spiro atoms. The van der Waals surface area contributed by atoms with E-state index in [1.54, 1.807) is 23.2 Å². The molecule has 0 aliphatic carbocycles. The number of carbonyl (C=O) groups excluding carboxylic acids is 1. The molecule has 1 unspecified atom stereocenters. The van der Waals surface area contributed by atoms with Crippen LogP contribution in [0.25, 0.3) is 10.9 Å². The molecule has 1 aromatic carbocycles. The lowest BCUT2D eigenvalue weighted by Gasteiger charge is -2.16. The van der Waals surface area contributed by atoms with Gasteiger partial charge in [0.1, 0.15) is 0 Å². The van der Waals surface area contributed by atoms with E-state index in [2.05, 4.69) is 4.98 Å². The Hall–Kier alpha value is -2.43. The highest BCUT2D eigenvalue weighted by Crippen LogP contribution is 2.20. The highest BCUT2D eigenvalue weighted by atomic mass is 16.4. The van der Waals surface area contributed by atoms with Crippen molar-refractivity contribution in [3.63, 3.8) is 0 Å². The molecule has 0 saturated carbocycles. The van der Waals surface area contributed by atoms with Gasteiger partial charge in [-0.2, -0.15) is 0 Å². The lowest BCUT2D eigenvalue weighted by molar-refractivity contribution is -0.141. The second kappa shape index (κ2) is 4.92. The van der Waals surface area contributed by atoms with Crippen LogP contribution in [0.3, 0.4) is 0 Å². The van der Waals surface area contributed by atoms with Crippen LogP contribution >= 0.6 is 0 Å².